The van der Waals surface area contributed by atoms with Gasteiger partial charge in [-0.25, -0.2) is 4.79 Å². The second kappa shape index (κ2) is 8.71. The lowest BCUT2D eigenvalue weighted by molar-refractivity contribution is -0.145. The van der Waals surface area contributed by atoms with Crippen molar-refractivity contribution < 1.29 is 29.1 Å². The van der Waals surface area contributed by atoms with E-state index in [9.17, 15) is 24.0 Å². The van der Waals surface area contributed by atoms with Crippen LogP contribution in [0, 0.1) is 0 Å². The minimum absolute atomic E-state index is 0.399. The summed E-state index contributed by atoms with van der Waals surface area (Å²) in [4.78, 5) is 57.9. The van der Waals surface area contributed by atoms with Gasteiger partial charge < -0.3 is 26.4 Å². The Labute approximate surface area is 133 Å². The summed E-state index contributed by atoms with van der Waals surface area (Å²) in [5.41, 5.74) is 4.92. The van der Waals surface area contributed by atoms with E-state index in [2.05, 4.69) is 10.6 Å². The summed E-state index contributed by atoms with van der Waals surface area (Å²) in [5.74, 6) is -3.98. The molecule has 5 N–H and O–H groups in total. The number of carbonyl (C=O) groups excluding carboxylic acids is 4. The van der Waals surface area contributed by atoms with Crippen molar-refractivity contribution in [3.05, 3.63) is 0 Å². The molecule has 0 saturated carbocycles. The van der Waals surface area contributed by atoms with Crippen LogP contribution in [0.2, 0.25) is 0 Å². The Morgan fingerprint density at radius 2 is 1.65 bits per heavy atom. The lowest BCUT2D eigenvalue weighted by atomic mass is 10.1. The zero-order chi connectivity index (χ0) is 18.3. The van der Waals surface area contributed by atoms with Gasteiger partial charge >= 0.3 is 5.97 Å². The molecule has 0 bridgehead atoms. The van der Waals surface area contributed by atoms with E-state index in [-0.39, 0.29) is 0 Å². The number of carboxylic acids is 1. The first-order valence-electron chi connectivity index (χ1n) is 6.82. The van der Waals surface area contributed by atoms with Crippen LogP contribution in [0.4, 0.5) is 0 Å². The van der Waals surface area contributed by atoms with Crippen LogP contribution in [0.1, 0.15) is 27.2 Å². The van der Waals surface area contributed by atoms with Crippen LogP contribution >= 0.6 is 0 Å². The number of rotatable bonds is 8. The van der Waals surface area contributed by atoms with Crippen molar-refractivity contribution in [3.8, 4) is 0 Å². The van der Waals surface area contributed by atoms with Crippen LogP contribution in [-0.2, 0) is 24.0 Å². The van der Waals surface area contributed by atoms with E-state index in [4.69, 9.17) is 10.8 Å². The number of nitrogens with zero attached hydrogens (tertiary/aromatic N) is 1. The SMILES string of the molecule is CC(=O)N[C@@H](C)C(=O)N(C)[C@@H](C)C(=O)N[C@@H](CC(N)=O)C(=O)O. The average molecular weight is 330 g/mol. The second-order valence-electron chi connectivity index (χ2n) is 5.12. The standard InChI is InChI=1S/C13H22N4O6/c1-6(15-8(3)18)12(21)17(4)7(2)11(20)16-9(13(22)23)5-10(14)19/h6-7,9H,5H2,1-4H3,(H2,14,19)(H,15,18)(H,16,20)(H,22,23)/t6-,7-,9-/m0/s1. The summed E-state index contributed by atoms with van der Waals surface area (Å²) in [7, 11) is 1.34. The predicted molar refractivity (Wildman–Crippen MR) is 78.9 cm³/mol. The lowest BCUT2D eigenvalue weighted by Crippen LogP contribution is -2.54. The summed E-state index contributed by atoms with van der Waals surface area (Å²) in [6.45, 7) is 4.09. The fraction of sp³-hybridized carbons (Fsp3) is 0.615. The molecule has 0 fully saturated rings. The first-order chi connectivity index (χ1) is 10.5. The molecule has 0 aromatic rings. The number of amides is 4. The minimum Gasteiger partial charge on any atom is -0.480 e. The molecule has 23 heavy (non-hydrogen) atoms. The Bertz CT molecular complexity index is 507. The molecular weight excluding hydrogens is 308 g/mol. The van der Waals surface area contributed by atoms with Gasteiger partial charge in [0.1, 0.15) is 18.1 Å². The van der Waals surface area contributed by atoms with Crippen LogP contribution < -0.4 is 16.4 Å². The van der Waals surface area contributed by atoms with Gasteiger partial charge in [0.15, 0.2) is 0 Å². The van der Waals surface area contributed by atoms with E-state index in [0.29, 0.717) is 0 Å². The number of carbonyl (C=O) groups is 5. The monoisotopic (exact) mass is 330 g/mol. The number of hydrogen-bond donors (Lipinski definition) is 4. The largest absolute Gasteiger partial charge is 0.480 e. The summed E-state index contributed by atoms with van der Waals surface area (Å²) >= 11 is 0. The zero-order valence-corrected chi connectivity index (χ0v) is 13.5. The van der Waals surface area contributed by atoms with E-state index in [1.807, 2.05) is 0 Å². The lowest BCUT2D eigenvalue weighted by Gasteiger charge is -2.28. The van der Waals surface area contributed by atoms with Crippen LogP contribution in [-0.4, -0.2) is 64.8 Å². The minimum atomic E-state index is -1.47. The van der Waals surface area contributed by atoms with Crippen molar-refractivity contribution in [1.82, 2.24) is 15.5 Å². The second-order valence-corrected chi connectivity index (χ2v) is 5.12. The number of carboxylic acid groups (broad SMARTS) is 1. The summed E-state index contributed by atoms with van der Waals surface area (Å²) in [6.07, 6.45) is -0.562. The molecule has 10 nitrogen and oxygen atoms in total. The maximum Gasteiger partial charge on any atom is 0.326 e. The quantitative estimate of drug-likeness (QED) is 0.395. The van der Waals surface area contributed by atoms with Gasteiger partial charge in [0.25, 0.3) is 0 Å². The third-order valence-corrected chi connectivity index (χ3v) is 3.12. The predicted octanol–water partition coefficient (Wildman–Crippen LogP) is -2.20. The topological polar surface area (TPSA) is 159 Å². The number of hydrogen-bond acceptors (Lipinski definition) is 5. The van der Waals surface area contributed by atoms with E-state index < -0.39 is 54.1 Å². The fourth-order valence-corrected chi connectivity index (χ4v) is 1.73. The Morgan fingerprint density at radius 1 is 1.13 bits per heavy atom. The van der Waals surface area contributed by atoms with Crippen molar-refractivity contribution in [2.24, 2.45) is 5.73 Å². The molecule has 130 valence electrons. The molecule has 0 radical (unpaired) electrons. The zero-order valence-electron chi connectivity index (χ0n) is 13.5. The van der Waals surface area contributed by atoms with Crippen LogP contribution in [0.25, 0.3) is 0 Å². The van der Waals surface area contributed by atoms with E-state index in [0.717, 1.165) is 4.90 Å². The van der Waals surface area contributed by atoms with E-state index in [1.165, 1.54) is 27.8 Å². The average Bonchev–Trinajstić information content (AvgIpc) is 2.42. The van der Waals surface area contributed by atoms with Gasteiger partial charge in [0, 0.05) is 14.0 Å². The highest BCUT2D eigenvalue weighted by atomic mass is 16.4. The van der Waals surface area contributed by atoms with Gasteiger partial charge in [-0.15, -0.1) is 0 Å². The van der Waals surface area contributed by atoms with Gasteiger partial charge in [-0.2, -0.15) is 0 Å². The van der Waals surface area contributed by atoms with Crippen LogP contribution in [0.15, 0.2) is 0 Å². The smallest absolute Gasteiger partial charge is 0.326 e. The Kier molecular flexibility index (Phi) is 7.71. The van der Waals surface area contributed by atoms with Gasteiger partial charge in [-0.1, -0.05) is 0 Å². The normalized spacial score (nSPS) is 14.1. The summed E-state index contributed by atoms with van der Waals surface area (Å²) in [6, 6.07) is -3.32. The molecule has 0 saturated heterocycles. The molecule has 4 amide bonds. The Hall–Kier alpha value is -2.65. The highest BCUT2D eigenvalue weighted by Crippen LogP contribution is 2.02. The molecule has 10 heteroatoms. The molecule has 0 aliphatic carbocycles. The Morgan fingerprint density at radius 3 is 2.04 bits per heavy atom. The van der Waals surface area contributed by atoms with Crippen molar-refractivity contribution >= 4 is 29.6 Å². The number of nitrogens with two attached hydrogens (primary N) is 1. The number of aliphatic carboxylic acids is 1. The van der Waals surface area contributed by atoms with Crippen molar-refractivity contribution in [1.29, 1.82) is 0 Å². The maximum absolute atomic E-state index is 12.1. The third kappa shape index (κ3) is 6.76. The summed E-state index contributed by atoms with van der Waals surface area (Å²) < 4.78 is 0. The molecular formula is C13H22N4O6. The van der Waals surface area contributed by atoms with Gasteiger partial charge in [0.2, 0.25) is 23.6 Å². The molecule has 0 heterocycles. The molecule has 0 aromatic carbocycles. The van der Waals surface area contributed by atoms with Gasteiger partial charge in [-0.05, 0) is 13.8 Å². The van der Waals surface area contributed by atoms with Crippen LogP contribution in [0.5, 0.6) is 0 Å². The van der Waals surface area contributed by atoms with Crippen molar-refractivity contribution in [2.75, 3.05) is 7.05 Å². The highest BCUT2D eigenvalue weighted by Gasteiger charge is 2.29. The first kappa shape index (κ1) is 20.3. The highest BCUT2D eigenvalue weighted by molar-refractivity contribution is 5.93. The molecule has 0 rings (SSSR count). The molecule has 0 spiro atoms. The van der Waals surface area contributed by atoms with Crippen molar-refractivity contribution in [3.63, 3.8) is 0 Å². The third-order valence-electron chi connectivity index (χ3n) is 3.12. The van der Waals surface area contributed by atoms with E-state index in [1.54, 1.807) is 0 Å². The van der Waals surface area contributed by atoms with Crippen molar-refractivity contribution in [2.45, 2.75) is 45.3 Å². The molecule has 0 aliphatic heterocycles. The molecule has 0 aliphatic rings. The maximum atomic E-state index is 12.1. The number of likely N-dealkylation sites (N-methyl/N-ethyl adjacent to an activating group) is 1. The Balaban J connectivity index is 4.85. The molecule has 0 unspecified atom stereocenters. The number of nitrogens with one attached hydrogen (secondary N) is 2. The summed E-state index contributed by atoms with van der Waals surface area (Å²) in [5, 5.41) is 13.5. The van der Waals surface area contributed by atoms with Crippen LogP contribution in [0.3, 0.4) is 0 Å². The van der Waals surface area contributed by atoms with E-state index >= 15 is 0 Å². The molecule has 0 aromatic heterocycles. The van der Waals surface area contributed by atoms with Gasteiger partial charge in [-0.3, -0.25) is 19.2 Å². The fourth-order valence-electron chi connectivity index (χ4n) is 1.73. The first-order valence-corrected chi connectivity index (χ1v) is 6.82. The number of primary amides is 1. The molecule has 3 atom stereocenters. The van der Waals surface area contributed by atoms with Gasteiger partial charge in [0.05, 0.1) is 6.42 Å².